The second-order valence-corrected chi connectivity index (χ2v) is 6.57. The van der Waals surface area contributed by atoms with Crippen LogP contribution in [0.3, 0.4) is 0 Å². The number of likely N-dealkylation sites (tertiary alicyclic amines) is 1. The van der Waals surface area contributed by atoms with E-state index in [9.17, 15) is 0 Å². The molecule has 1 saturated heterocycles. The lowest BCUT2D eigenvalue weighted by molar-refractivity contribution is 0.259. The molecule has 0 spiro atoms. The third kappa shape index (κ3) is 3.02. The molecule has 0 aromatic carbocycles. The van der Waals surface area contributed by atoms with Gasteiger partial charge in [-0.25, -0.2) is 0 Å². The summed E-state index contributed by atoms with van der Waals surface area (Å²) in [5, 5.41) is 4.43. The van der Waals surface area contributed by atoms with Crippen LogP contribution in [-0.4, -0.2) is 33.8 Å². The molecule has 0 amide bonds. The summed E-state index contributed by atoms with van der Waals surface area (Å²) in [6, 6.07) is 3.03. The van der Waals surface area contributed by atoms with Crippen molar-refractivity contribution < 1.29 is 0 Å². The van der Waals surface area contributed by atoms with Crippen molar-refractivity contribution in [1.82, 2.24) is 14.7 Å². The maximum absolute atomic E-state index is 6.29. The molecule has 1 aliphatic heterocycles. The fraction of sp³-hybridized carbons (Fsp3) is 0.800. The van der Waals surface area contributed by atoms with Crippen LogP contribution in [-0.2, 0) is 6.54 Å². The molecule has 1 saturated carbocycles. The Morgan fingerprint density at radius 2 is 2.15 bits per heavy atom. The summed E-state index contributed by atoms with van der Waals surface area (Å²) >= 11 is 0. The molecule has 1 aromatic heterocycles. The summed E-state index contributed by atoms with van der Waals surface area (Å²) in [7, 11) is 0. The molecule has 2 fully saturated rings. The summed E-state index contributed by atoms with van der Waals surface area (Å²) < 4.78 is 2.14. The van der Waals surface area contributed by atoms with E-state index in [2.05, 4.69) is 34.6 Å². The average molecular weight is 299 g/mol. The quantitative estimate of drug-likeness (QED) is 0.932. The zero-order valence-electron chi connectivity index (χ0n) is 12.5. The molecule has 114 valence electrons. The Hall–Kier alpha value is -0.580. The van der Waals surface area contributed by atoms with Crippen molar-refractivity contribution in [3.8, 4) is 0 Å². The summed E-state index contributed by atoms with van der Waals surface area (Å²) in [6.07, 6.45) is 5.83. The predicted octanol–water partition coefficient (Wildman–Crippen LogP) is 2.45. The molecule has 0 bridgehead atoms. The van der Waals surface area contributed by atoms with Crippen molar-refractivity contribution in [2.24, 2.45) is 17.6 Å². The Bertz CT molecular complexity index is 431. The molecular formula is C15H27ClN4. The molecule has 20 heavy (non-hydrogen) atoms. The second kappa shape index (κ2) is 6.46. The minimum Gasteiger partial charge on any atom is -0.327 e. The van der Waals surface area contributed by atoms with Crippen LogP contribution < -0.4 is 5.73 Å². The van der Waals surface area contributed by atoms with Gasteiger partial charge in [0.2, 0.25) is 0 Å². The third-order valence-corrected chi connectivity index (χ3v) is 4.86. The largest absolute Gasteiger partial charge is 0.327 e. The van der Waals surface area contributed by atoms with Gasteiger partial charge in [0.1, 0.15) is 0 Å². The van der Waals surface area contributed by atoms with Crippen LogP contribution in [0.5, 0.6) is 0 Å². The van der Waals surface area contributed by atoms with E-state index in [1.54, 1.807) is 0 Å². The van der Waals surface area contributed by atoms with E-state index < -0.39 is 0 Å². The van der Waals surface area contributed by atoms with Crippen LogP contribution in [0.25, 0.3) is 0 Å². The lowest BCUT2D eigenvalue weighted by Crippen LogP contribution is -2.38. The molecule has 5 heteroatoms. The summed E-state index contributed by atoms with van der Waals surface area (Å²) in [5.41, 5.74) is 7.62. The molecular weight excluding hydrogens is 272 g/mol. The summed E-state index contributed by atoms with van der Waals surface area (Å²) in [5.74, 6) is 1.56. The normalized spacial score (nSPS) is 30.3. The monoisotopic (exact) mass is 298 g/mol. The topological polar surface area (TPSA) is 47.1 Å². The van der Waals surface area contributed by atoms with Gasteiger partial charge in [-0.05, 0) is 44.6 Å². The fourth-order valence-electron chi connectivity index (χ4n) is 3.90. The van der Waals surface area contributed by atoms with Crippen LogP contribution in [0, 0.1) is 11.8 Å². The molecule has 2 heterocycles. The molecule has 0 radical (unpaired) electrons. The van der Waals surface area contributed by atoms with Gasteiger partial charge in [-0.15, -0.1) is 12.4 Å². The molecule has 1 aromatic rings. The van der Waals surface area contributed by atoms with E-state index in [0.29, 0.717) is 12.1 Å². The smallest absolute Gasteiger partial charge is 0.0527 e. The first-order valence-corrected chi connectivity index (χ1v) is 7.65. The van der Waals surface area contributed by atoms with Crippen molar-refractivity contribution in [3.63, 3.8) is 0 Å². The number of halogens is 1. The molecule has 4 nitrogen and oxygen atoms in total. The minimum absolute atomic E-state index is 0. The number of fused-ring (bicyclic) bond motifs is 1. The van der Waals surface area contributed by atoms with E-state index >= 15 is 0 Å². The Balaban J connectivity index is 0.00000147. The zero-order valence-corrected chi connectivity index (χ0v) is 13.4. The fourth-order valence-corrected chi connectivity index (χ4v) is 3.90. The van der Waals surface area contributed by atoms with Gasteiger partial charge in [0, 0.05) is 37.9 Å². The van der Waals surface area contributed by atoms with Gasteiger partial charge in [0.15, 0.2) is 0 Å². The molecule has 3 rings (SSSR count). The van der Waals surface area contributed by atoms with Gasteiger partial charge < -0.3 is 5.73 Å². The van der Waals surface area contributed by atoms with Crippen molar-refractivity contribution in [1.29, 1.82) is 0 Å². The maximum atomic E-state index is 6.29. The van der Waals surface area contributed by atoms with Gasteiger partial charge in [0.25, 0.3) is 0 Å². The maximum Gasteiger partial charge on any atom is 0.0527 e. The van der Waals surface area contributed by atoms with Gasteiger partial charge in [0.05, 0.1) is 5.69 Å². The van der Waals surface area contributed by atoms with E-state index in [1.165, 1.54) is 38.0 Å². The van der Waals surface area contributed by atoms with Crippen LogP contribution in [0.2, 0.25) is 0 Å². The number of nitrogens with zero attached hydrogens (tertiary/aromatic N) is 3. The lowest BCUT2D eigenvalue weighted by Gasteiger charge is -2.29. The SMILES string of the molecule is CC(C)n1nccc1CN1CC2CCCC(N)C2C1.Cl. The van der Waals surface area contributed by atoms with Crippen molar-refractivity contribution >= 4 is 12.4 Å². The average Bonchev–Trinajstić information content (AvgIpc) is 2.96. The first-order valence-electron chi connectivity index (χ1n) is 7.65. The highest BCUT2D eigenvalue weighted by Gasteiger charge is 2.38. The Morgan fingerprint density at radius 3 is 2.85 bits per heavy atom. The molecule has 3 unspecified atom stereocenters. The summed E-state index contributed by atoms with van der Waals surface area (Å²) in [6.45, 7) is 7.81. The highest BCUT2D eigenvalue weighted by molar-refractivity contribution is 5.85. The molecule has 1 aliphatic carbocycles. The predicted molar refractivity (Wildman–Crippen MR) is 83.9 cm³/mol. The van der Waals surface area contributed by atoms with Gasteiger partial charge in [-0.1, -0.05) is 6.42 Å². The number of nitrogens with two attached hydrogens (primary N) is 1. The highest BCUT2D eigenvalue weighted by Crippen LogP contribution is 2.36. The standard InChI is InChI=1S/C15H26N4.ClH/c1-11(2)19-13(6-7-17-19)9-18-8-12-4-3-5-15(16)14(12)10-18;/h6-7,11-12,14-15H,3-5,8-10,16H2,1-2H3;1H. The van der Waals surface area contributed by atoms with Gasteiger partial charge in [-0.2, -0.15) is 5.10 Å². The van der Waals surface area contributed by atoms with Crippen molar-refractivity contribution in [2.45, 2.75) is 51.7 Å². The molecule has 2 N–H and O–H groups in total. The first kappa shape index (κ1) is 15.8. The van der Waals surface area contributed by atoms with Gasteiger partial charge >= 0.3 is 0 Å². The Kier molecular flexibility index (Phi) is 5.10. The lowest BCUT2D eigenvalue weighted by atomic mass is 9.78. The second-order valence-electron chi connectivity index (χ2n) is 6.57. The van der Waals surface area contributed by atoms with Crippen LogP contribution in [0.15, 0.2) is 12.3 Å². The molecule has 2 aliphatic rings. The Morgan fingerprint density at radius 1 is 1.35 bits per heavy atom. The van der Waals surface area contributed by atoms with Crippen LogP contribution >= 0.6 is 12.4 Å². The van der Waals surface area contributed by atoms with E-state index in [1.807, 2.05) is 6.20 Å². The number of rotatable bonds is 3. The molecule has 3 atom stereocenters. The van der Waals surface area contributed by atoms with Crippen LogP contribution in [0.1, 0.15) is 44.8 Å². The number of hydrogen-bond acceptors (Lipinski definition) is 3. The highest BCUT2D eigenvalue weighted by atomic mass is 35.5. The third-order valence-electron chi connectivity index (χ3n) is 4.86. The summed E-state index contributed by atoms with van der Waals surface area (Å²) in [4.78, 5) is 2.58. The minimum atomic E-state index is 0. The number of hydrogen-bond donors (Lipinski definition) is 1. The van der Waals surface area contributed by atoms with Crippen molar-refractivity contribution in [2.75, 3.05) is 13.1 Å². The van der Waals surface area contributed by atoms with Crippen molar-refractivity contribution in [3.05, 3.63) is 18.0 Å². The van der Waals surface area contributed by atoms with E-state index in [0.717, 1.165) is 18.4 Å². The van der Waals surface area contributed by atoms with E-state index in [4.69, 9.17) is 5.73 Å². The zero-order chi connectivity index (χ0) is 13.4. The van der Waals surface area contributed by atoms with E-state index in [-0.39, 0.29) is 12.4 Å². The number of aromatic nitrogens is 2. The first-order chi connectivity index (χ1) is 9.15. The van der Waals surface area contributed by atoms with Crippen LogP contribution in [0.4, 0.5) is 0 Å². The Labute approximate surface area is 128 Å². The van der Waals surface area contributed by atoms with Gasteiger partial charge in [-0.3, -0.25) is 9.58 Å².